The van der Waals surface area contributed by atoms with Crippen LogP contribution in [0.25, 0.3) is 0 Å². The molecule has 3 aliphatic heterocycles. The highest BCUT2D eigenvalue weighted by Crippen LogP contribution is 2.35. The van der Waals surface area contributed by atoms with Gasteiger partial charge in [-0.15, -0.1) is 0 Å². The number of carbonyl (C=O) groups excluding carboxylic acids is 1. The molecule has 3 aliphatic rings. The molecule has 0 spiro atoms. The van der Waals surface area contributed by atoms with Crippen LogP contribution in [0, 0.1) is 5.92 Å². The molecule has 0 aromatic carbocycles. The smallest absolute Gasteiger partial charge is 0.397 e. The topological polar surface area (TPSA) is 318 Å². The van der Waals surface area contributed by atoms with E-state index in [4.69, 9.17) is 37.5 Å². The van der Waals surface area contributed by atoms with Crippen LogP contribution in [-0.4, -0.2) is 164 Å². The summed E-state index contributed by atoms with van der Waals surface area (Å²) in [7, 11) is -8.80. The molecular weight excluding hydrogens is 640 g/mol. The third-order valence-electron chi connectivity index (χ3n) is 6.89. The van der Waals surface area contributed by atoms with Crippen LogP contribution in [0.2, 0.25) is 0 Å². The predicted molar refractivity (Wildman–Crippen MR) is 128 cm³/mol. The number of methoxy groups -OCH3 is 1. The van der Waals surface area contributed by atoms with Gasteiger partial charge in [0, 0.05) is 13.0 Å². The molecule has 23 heteroatoms. The highest BCUT2D eigenvalue weighted by Gasteiger charge is 2.55. The second kappa shape index (κ2) is 14.3. The minimum absolute atomic E-state index is 0.133. The number of carboxylic acids is 1. The molecule has 5 unspecified atom stereocenters. The summed E-state index contributed by atoms with van der Waals surface area (Å²) < 4.78 is 102. The number of aldehydes is 1. The average molecular weight is 673 g/mol. The van der Waals surface area contributed by atoms with Gasteiger partial charge < -0.3 is 58.7 Å². The summed E-state index contributed by atoms with van der Waals surface area (Å²) in [6.07, 6.45) is -22.7. The number of ether oxygens (including phenoxy) is 6. The van der Waals surface area contributed by atoms with Gasteiger partial charge in [0.05, 0.1) is 19.3 Å². The van der Waals surface area contributed by atoms with Crippen molar-refractivity contribution >= 4 is 33.1 Å². The van der Waals surface area contributed by atoms with Gasteiger partial charge in [0.25, 0.3) is 0 Å². The number of aliphatic carboxylic acids is 1. The summed E-state index contributed by atoms with van der Waals surface area (Å²) in [6.45, 7) is -0.495. The van der Waals surface area contributed by atoms with Crippen LogP contribution in [-0.2, 0) is 67.2 Å². The molecule has 3 heterocycles. The second-order valence-electron chi connectivity index (χ2n) is 9.73. The first kappa shape index (κ1) is 36.0. The molecule has 0 radical (unpaired) electrons. The molecule has 21 nitrogen and oxygen atoms in total. The molecule has 0 amide bonds. The lowest BCUT2D eigenvalue weighted by Crippen LogP contribution is -2.65. The third kappa shape index (κ3) is 8.81. The van der Waals surface area contributed by atoms with E-state index < -0.39 is 126 Å². The quantitative estimate of drug-likeness (QED) is 0.0711. The van der Waals surface area contributed by atoms with E-state index in [-0.39, 0.29) is 6.29 Å². The molecule has 7 N–H and O–H groups in total. The first-order valence-electron chi connectivity index (χ1n) is 12.3. The van der Waals surface area contributed by atoms with Gasteiger partial charge in [-0.3, -0.25) is 9.11 Å². The minimum Gasteiger partial charge on any atom is -0.479 e. The summed E-state index contributed by atoms with van der Waals surface area (Å²) in [6, 6.07) is 0. The van der Waals surface area contributed by atoms with Gasteiger partial charge in [0.2, 0.25) is 0 Å². The second-order valence-corrected chi connectivity index (χ2v) is 11.9. The van der Waals surface area contributed by atoms with E-state index in [2.05, 4.69) is 8.37 Å². The van der Waals surface area contributed by atoms with Crippen molar-refractivity contribution in [2.75, 3.05) is 20.3 Å². The van der Waals surface area contributed by atoms with Crippen LogP contribution in [0.3, 0.4) is 0 Å². The predicted octanol–water partition coefficient (Wildman–Crippen LogP) is -5.01. The highest BCUT2D eigenvalue weighted by molar-refractivity contribution is 7.81. The normalized spacial score (nSPS) is 42.5. The zero-order valence-corrected chi connectivity index (χ0v) is 23.9. The standard InChI is InChI=1S/C20H32O21S2/c1-6-10(22)14(34-2)8(4-35-42(28,29)30)38-19(6)40-16-12(24)13(25)20(41-17(16)18(26)27)39-15-9(5-36-43(31,32)33)37-7(3-21)11(15)23/h3,6-17,19-20,22-25H,4-5H2,1-2H3,(H,26,27)(H,28,29,30)(H,31,32,33)/t6?,7-,8?,9+,10+,11?,12+,13?,14+,15-,16-,17?,19-,20+/m0/s1. The number of rotatable bonds is 13. The number of hydrogen-bond acceptors (Lipinski definition) is 18. The summed E-state index contributed by atoms with van der Waals surface area (Å²) in [5.74, 6) is -2.80. The van der Waals surface area contributed by atoms with Crippen molar-refractivity contribution in [2.45, 2.75) is 86.6 Å². The summed E-state index contributed by atoms with van der Waals surface area (Å²) >= 11 is 0. The van der Waals surface area contributed by atoms with E-state index in [1.165, 1.54) is 6.92 Å². The fourth-order valence-corrected chi connectivity index (χ4v) is 5.34. The van der Waals surface area contributed by atoms with E-state index in [1.54, 1.807) is 0 Å². The monoisotopic (exact) mass is 672 g/mol. The van der Waals surface area contributed by atoms with Crippen molar-refractivity contribution in [1.29, 1.82) is 0 Å². The lowest BCUT2D eigenvalue weighted by molar-refractivity contribution is -0.353. The largest absolute Gasteiger partial charge is 0.479 e. The molecule has 3 fully saturated rings. The maximum absolute atomic E-state index is 12.1. The molecule has 3 saturated heterocycles. The molecule has 0 aromatic heterocycles. The van der Waals surface area contributed by atoms with Gasteiger partial charge in [-0.25, -0.2) is 13.2 Å². The Bertz CT molecular complexity index is 1180. The molecule has 3 rings (SSSR count). The van der Waals surface area contributed by atoms with E-state index in [9.17, 15) is 52.0 Å². The van der Waals surface area contributed by atoms with Crippen LogP contribution in [0.4, 0.5) is 0 Å². The Morgan fingerprint density at radius 1 is 0.767 bits per heavy atom. The Morgan fingerprint density at radius 2 is 1.30 bits per heavy atom. The fourth-order valence-electron chi connectivity index (χ4n) is 4.73. The van der Waals surface area contributed by atoms with E-state index in [1.807, 2.05) is 0 Å². The summed E-state index contributed by atoms with van der Waals surface area (Å²) in [4.78, 5) is 23.3. The molecular formula is C20H32O21S2. The van der Waals surface area contributed by atoms with Crippen LogP contribution >= 0.6 is 0 Å². The van der Waals surface area contributed by atoms with Crippen molar-refractivity contribution in [1.82, 2.24) is 0 Å². The van der Waals surface area contributed by atoms with Gasteiger partial charge in [0.15, 0.2) is 25.0 Å². The minimum atomic E-state index is -5.01. The number of aliphatic hydroxyl groups excluding tert-OH is 4. The zero-order chi connectivity index (χ0) is 32.4. The molecule has 0 aromatic rings. The Hall–Kier alpha value is -1.52. The maximum Gasteiger partial charge on any atom is 0.397 e. The van der Waals surface area contributed by atoms with Crippen LogP contribution < -0.4 is 0 Å². The van der Waals surface area contributed by atoms with Crippen LogP contribution in [0.15, 0.2) is 0 Å². The number of carbonyl (C=O) groups is 2. The Balaban J connectivity index is 1.79. The van der Waals surface area contributed by atoms with Crippen molar-refractivity contribution in [2.24, 2.45) is 5.92 Å². The van der Waals surface area contributed by atoms with Crippen molar-refractivity contribution in [3.05, 3.63) is 0 Å². The van der Waals surface area contributed by atoms with Gasteiger partial charge in [0.1, 0.15) is 54.9 Å². The zero-order valence-electron chi connectivity index (χ0n) is 22.2. The number of carboxylic acid groups (broad SMARTS) is 1. The molecule has 250 valence electrons. The molecule has 14 atom stereocenters. The number of aliphatic hydroxyl groups is 4. The molecule has 43 heavy (non-hydrogen) atoms. The van der Waals surface area contributed by atoms with Gasteiger partial charge in [-0.1, -0.05) is 6.92 Å². The first-order valence-corrected chi connectivity index (χ1v) is 15.1. The molecule has 0 bridgehead atoms. The summed E-state index contributed by atoms with van der Waals surface area (Å²) in [5.41, 5.74) is 0. The lowest BCUT2D eigenvalue weighted by atomic mass is 9.91. The molecule has 0 saturated carbocycles. The summed E-state index contributed by atoms with van der Waals surface area (Å²) in [5, 5.41) is 52.4. The Kier molecular flexibility index (Phi) is 11.9. The SMILES string of the molecule is CO[C@@H]1C(COS(=O)(=O)O)O[C@@H](O[C@@H]2C(C(=O)O)O[C@@H](O[C@@H]3C(O)[C@H](C=O)O[C@@H]3COS(=O)(=O)O)C(O)[C@H]2O)C(C)[C@H]1O. The van der Waals surface area contributed by atoms with Crippen molar-refractivity contribution in [3.8, 4) is 0 Å². The Labute approximate surface area is 244 Å². The Morgan fingerprint density at radius 3 is 1.79 bits per heavy atom. The van der Waals surface area contributed by atoms with Crippen LogP contribution in [0.1, 0.15) is 6.92 Å². The lowest BCUT2D eigenvalue weighted by Gasteiger charge is -2.46. The van der Waals surface area contributed by atoms with E-state index in [0.29, 0.717) is 0 Å². The van der Waals surface area contributed by atoms with Gasteiger partial charge in [-0.2, -0.15) is 16.8 Å². The van der Waals surface area contributed by atoms with Crippen LogP contribution in [0.5, 0.6) is 0 Å². The first-order chi connectivity index (χ1) is 19.9. The molecule has 0 aliphatic carbocycles. The number of hydrogen-bond donors (Lipinski definition) is 7. The third-order valence-corrected chi connectivity index (χ3v) is 7.76. The van der Waals surface area contributed by atoms with Gasteiger partial charge >= 0.3 is 26.8 Å². The van der Waals surface area contributed by atoms with E-state index >= 15 is 0 Å². The van der Waals surface area contributed by atoms with E-state index in [0.717, 1.165) is 7.11 Å². The highest BCUT2D eigenvalue weighted by atomic mass is 32.3. The van der Waals surface area contributed by atoms with Gasteiger partial charge in [-0.05, 0) is 0 Å². The fraction of sp³-hybridized carbons (Fsp3) is 0.900. The van der Waals surface area contributed by atoms with Crippen molar-refractivity contribution in [3.63, 3.8) is 0 Å². The van der Waals surface area contributed by atoms with Crippen molar-refractivity contribution < 1.29 is 97.9 Å². The average Bonchev–Trinajstić information content (AvgIpc) is 3.21. The maximum atomic E-state index is 12.1.